The summed E-state index contributed by atoms with van der Waals surface area (Å²) in [6, 6.07) is 28.7. The Morgan fingerprint density at radius 2 is 1.13 bits per heavy atom. The quantitative estimate of drug-likeness (QED) is 0.0518. The number of nitrogens with two attached hydrogens (primary N) is 2. The van der Waals surface area contributed by atoms with Crippen LogP contribution < -0.4 is 16.8 Å². The summed E-state index contributed by atoms with van der Waals surface area (Å²) in [5, 5.41) is 12.7. The molecule has 1 fully saturated rings. The fraction of sp³-hybridized carbons (Fsp3) is 0.385. The van der Waals surface area contributed by atoms with Gasteiger partial charge in [-0.1, -0.05) is 126 Å². The van der Waals surface area contributed by atoms with E-state index in [4.69, 9.17) is 81.7 Å². The molecule has 0 aromatic heterocycles. The standard InChI is InChI=1S/C11H16N3O2P.C11H15N2O2PS.C10H16NO3P.C2H3NS.CHCl3.CH4O.3CH3.6U/c1-14-11(12)13-8-10(17(14,15)16-2)9-6-4-3-5-7-9;1-13-11(17)12-8-10(16(13,14)15-2)9-6-4-3-5-7-9;1-13-15(12,14-2)10(8-11)9-6-4-3-5-7-9;1-3-2-4;2-1(3)4;1-2;;;;;;;;;/h3-7,10H,8H2,1-2H3,(H2,12,13);3-7,10H,8H2,1-2H3,(H,12,17);3-7,10H,8,11H2,1-2H3;1H3;1H;2H,1H3;3*1H3;;;;;;/q;;;;;;3*-1;;;;;;. The molecule has 3 aromatic carbocycles. The van der Waals surface area contributed by atoms with Crippen LogP contribution in [0.2, 0.25) is 0 Å². The number of hydrogen-bond donors (Lipinski definition) is 4. The van der Waals surface area contributed by atoms with Crippen molar-refractivity contribution < 1.29 is 224 Å². The van der Waals surface area contributed by atoms with E-state index in [1.54, 1.807) is 25.8 Å². The summed E-state index contributed by atoms with van der Waals surface area (Å²) < 4.78 is 60.5. The number of guanidine groups is 1. The molecule has 5 rings (SSSR count). The summed E-state index contributed by atoms with van der Waals surface area (Å²) in [6.45, 7) is 1.16. The first-order valence-electron chi connectivity index (χ1n) is 17.3. The summed E-state index contributed by atoms with van der Waals surface area (Å²) in [4.78, 5) is 7.48. The van der Waals surface area contributed by atoms with E-state index in [1.807, 2.05) is 91.0 Å². The minimum absolute atomic E-state index is 0. The van der Waals surface area contributed by atoms with Crippen LogP contribution in [-0.4, -0.2) is 111 Å². The Hall–Kier alpha value is 4.05. The molecule has 6 N–H and O–H groups in total. The van der Waals surface area contributed by atoms with Gasteiger partial charge >= 0.3 is 22.6 Å². The van der Waals surface area contributed by atoms with Gasteiger partial charge in [0, 0.05) is 256 Å². The molecular formula is C39H64Cl3N7O8P3S2U6-3. The zero-order chi connectivity index (χ0) is 45.2. The average molecular weight is 2450 g/mol. The first-order chi connectivity index (χ1) is 28.0. The van der Waals surface area contributed by atoms with E-state index in [1.165, 1.54) is 33.1 Å². The molecule has 378 valence electrons. The molecule has 5 atom stereocenters. The van der Waals surface area contributed by atoms with Crippen LogP contribution in [0, 0.1) is 209 Å². The first kappa shape index (κ1) is 94.5. The van der Waals surface area contributed by atoms with Gasteiger partial charge in [-0.25, -0.2) is 4.99 Å². The van der Waals surface area contributed by atoms with Crippen molar-refractivity contribution in [3.8, 4) is 0 Å². The van der Waals surface area contributed by atoms with Gasteiger partial charge in [0.25, 0.3) is 0 Å². The number of aliphatic hydroxyl groups excluding tert-OH is 1. The van der Waals surface area contributed by atoms with E-state index >= 15 is 0 Å². The zero-order valence-electron chi connectivity index (χ0n) is 40.1. The van der Waals surface area contributed by atoms with E-state index in [0.29, 0.717) is 18.2 Å². The largest absolute Gasteiger partial charge is 0.400 e. The van der Waals surface area contributed by atoms with Gasteiger partial charge in [-0.3, -0.25) is 28.0 Å². The van der Waals surface area contributed by atoms with Crippen molar-refractivity contribution in [2.45, 2.75) is 21.3 Å². The van der Waals surface area contributed by atoms with E-state index in [2.05, 4.69) is 32.7 Å². The molecule has 2 aliphatic rings. The molecule has 0 saturated carbocycles. The second-order valence-corrected chi connectivity index (χ2v) is 21.8. The number of thiocarbonyl (C=S) groups is 2. The minimum atomic E-state index is -3.14. The van der Waals surface area contributed by atoms with Gasteiger partial charge < -0.3 is 62.3 Å². The molecule has 2 aliphatic heterocycles. The molecular weight excluding hydrogens is 2390 g/mol. The van der Waals surface area contributed by atoms with Crippen LogP contribution >= 0.6 is 81.9 Å². The summed E-state index contributed by atoms with van der Waals surface area (Å²) in [7, 11) is 2.53. The number of nitrogens with one attached hydrogen (secondary N) is 1. The van der Waals surface area contributed by atoms with E-state index < -0.39 is 32.6 Å². The summed E-state index contributed by atoms with van der Waals surface area (Å²) in [5.41, 5.74) is 13.3. The second kappa shape index (κ2) is 53.1. The van der Waals surface area contributed by atoms with Gasteiger partial charge in [-0.05, 0) is 41.1 Å². The molecule has 2 heterocycles. The van der Waals surface area contributed by atoms with Gasteiger partial charge in [0.05, 0.1) is 28.7 Å². The van der Waals surface area contributed by atoms with Crippen molar-refractivity contribution >= 4 is 98.1 Å². The second-order valence-electron chi connectivity index (χ2n) is 11.4. The molecule has 0 aliphatic carbocycles. The van der Waals surface area contributed by atoms with Gasteiger partial charge in [-0.2, -0.15) is 0 Å². The summed E-state index contributed by atoms with van der Waals surface area (Å²) in [5.74, 6) is 0.266. The van der Waals surface area contributed by atoms with Crippen molar-refractivity contribution in [1.82, 2.24) is 14.7 Å². The van der Waals surface area contributed by atoms with Crippen LogP contribution in [0.15, 0.2) is 101 Å². The maximum absolute atomic E-state index is 12.9. The Morgan fingerprint density at radius 3 is 1.46 bits per heavy atom. The number of benzene rings is 3. The smallest absolute Gasteiger partial charge is 0.338 e. The van der Waals surface area contributed by atoms with Crippen molar-refractivity contribution in [1.29, 1.82) is 0 Å². The maximum atomic E-state index is 12.9. The number of alkyl halides is 3. The average Bonchev–Trinajstić information content (AvgIpc) is 3.27. The zero-order valence-corrected chi connectivity index (χ0v) is 71.7. The molecule has 5 unspecified atom stereocenters. The molecule has 68 heavy (non-hydrogen) atoms. The van der Waals surface area contributed by atoms with Gasteiger partial charge in [0.2, 0.25) is 0 Å². The third-order valence-corrected chi connectivity index (χ3v) is 17.1. The van der Waals surface area contributed by atoms with Crippen molar-refractivity contribution in [2.24, 2.45) is 21.5 Å². The molecule has 15 nitrogen and oxygen atoms in total. The topological polar surface area (TPSA) is 204 Å². The van der Waals surface area contributed by atoms with Gasteiger partial charge in [0.1, 0.15) is 0 Å². The number of halogens is 3. The fourth-order valence-corrected chi connectivity index (χ4v) is 11.5. The number of isothiocyanates is 1. The van der Waals surface area contributed by atoms with Crippen LogP contribution in [0.5, 0.6) is 0 Å². The number of hydrogen-bond acceptors (Lipinski definition) is 14. The predicted molar refractivity (Wildman–Crippen MR) is 270 cm³/mol. The summed E-state index contributed by atoms with van der Waals surface area (Å²) >= 11 is 23.7. The third kappa shape index (κ3) is 31.5. The molecule has 1 saturated heterocycles. The van der Waals surface area contributed by atoms with Crippen molar-refractivity contribution in [3.63, 3.8) is 0 Å². The SMILES string of the molecule is CN=C=S.CO.COP(=O)(OC)C(CN)c1ccccc1.COP1(=O)C(c2ccccc2)CN=C(N)N1C.COP1(=O)C(c2ccccc2)CNC(=S)N1C.ClC(Cl)Cl.[CH3-].[CH3-].[CH3-].[U].[U].[U].[U].[U].[U]. The normalized spacial score (nSPS) is 18.4. The van der Waals surface area contributed by atoms with E-state index in [0.717, 1.165) is 23.8 Å². The van der Waals surface area contributed by atoms with E-state index in [-0.39, 0.29) is 233 Å². The monoisotopic (exact) mass is 2450 g/mol. The predicted octanol–water partition coefficient (Wildman–Crippen LogP) is 10.1. The molecule has 0 amide bonds. The van der Waals surface area contributed by atoms with Crippen LogP contribution in [0.25, 0.3) is 0 Å². The maximum Gasteiger partial charge on any atom is 0.338 e. The molecule has 29 heteroatoms. The van der Waals surface area contributed by atoms with Crippen molar-refractivity contribution in [3.05, 3.63) is 130 Å². The van der Waals surface area contributed by atoms with Crippen LogP contribution in [0.4, 0.5) is 0 Å². The van der Waals surface area contributed by atoms with Crippen LogP contribution in [0.3, 0.4) is 0 Å². The molecule has 0 spiro atoms. The van der Waals surface area contributed by atoms with Crippen LogP contribution in [0.1, 0.15) is 33.7 Å². The third-order valence-electron chi connectivity index (χ3n) is 8.40. The number of aliphatic hydroxyl groups is 1. The fourth-order valence-electron chi connectivity index (χ4n) is 5.39. The number of rotatable bonds is 9. The van der Waals surface area contributed by atoms with Gasteiger partial charge in [-0.15, -0.1) is 0 Å². The van der Waals surface area contributed by atoms with Crippen LogP contribution in [-0.2, 0) is 31.8 Å². The van der Waals surface area contributed by atoms with Gasteiger partial charge in [0.15, 0.2) is 15.4 Å². The Bertz CT molecular complexity index is 1890. The molecule has 0 bridgehead atoms. The minimum Gasteiger partial charge on any atom is -0.400 e. The Labute approximate surface area is 575 Å². The molecule has 0 radical (unpaired) electrons. The van der Waals surface area contributed by atoms with E-state index in [9.17, 15) is 13.7 Å². The molecule has 3 aromatic rings. The Morgan fingerprint density at radius 1 is 0.794 bits per heavy atom. The first-order valence-corrected chi connectivity index (χ1v) is 24.3. The number of aliphatic imine (C=N–C) groups is 2. The van der Waals surface area contributed by atoms with Crippen molar-refractivity contribution in [2.75, 3.05) is 76.3 Å². The number of nitrogens with zero attached hydrogens (tertiary/aromatic N) is 4. The Balaban J connectivity index is -0.0000000796. The Kier molecular flexibility index (Phi) is 73.7. The summed E-state index contributed by atoms with van der Waals surface area (Å²) in [6.07, 6.45) is 0.